The van der Waals surface area contributed by atoms with Gasteiger partial charge in [0.25, 0.3) is 0 Å². The monoisotopic (exact) mass is 842 g/mol. The summed E-state index contributed by atoms with van der Waals surface area (Å²) in [5, 5.41) is 19.0. The SMILES string of the molecule is CCCCCCC1(CCCCCC)c2cc(C)sc2-c2sc(-c3sc(-c4nnc(-c5cc(CC(CC)CCCC)c(C)s5)nn4)cc3CC(CC)CCCC)cc21. The summed E-state index contributed by atoms with van der Waals surface area (Å²) in [5.74, 6) is 2.70. The summed E-state index contributed by atoms with van der Waals surface area (Å²) in [4.78, 5) is 11.0. The first kappa shape index (κ1) is 44.3. The molecule has 310 valence electrons. The quantitative estimate of drug-likeness (QED) is 0.0549. The first-order valence-electron chi connectivity index (χ1n) is 22.8. The van der Waals surface area contributed by atoms with Gasteiger partial charge in [-0.25, -0.2) is 0 Å². The van der Waals surface area contributed by atoms with E-state index in [0.29, 0.717) is 17.6 Å². The van der Waals surface area contributed by atoms with Crippen molar-refractivity contribution in [2.45, 2.75) is 189 Å². The van der Waals surface area contributed by atoms with Crippen LogP contribution in [0.3, 0.4) is 0 Å². The highest BCUT2D eigenvalue weighted by Gasteiger charge is 2.45. The fourth-order valence-electron chi connectivity index (χ4n) is 9.25. The minimum Gasteiger partial charge on any atom is -0.139 e. The fourth-order valence-corrected chi connectivity index (χ4v) is 14.0. The van der Waals surface area contributed by atoms with Gasteiger partial charge < -0.3 is 0 Å². The number of nitrogens with zero attached hydrogens (tertiary/aromatic N) is 4. The van der Waals surface area contributed by atoms with E-state index in [1.807, 2.05) is 22.7 Å². The average Bonchev–Trinajstić information content (AvgIpc) is 4.05. The molecule has 6 rings (SSSR count). The van der Waals surface area contributed by atoms with Crippen LogP contribution in [0.25, 0.3) is 40.9 Å². The topological polar surface area (TPSA) is 51.6 Å². The molecule has 4 nitrogen and oxygen atoms in total. The number of aryl methyl sites for hydroxylation is 2. The summed E-state index contributed by atoms with van der Waals surface area (Å²) >= 11 is 7.75. The first-order valence-corrected chi connectivity index (χ1v) is 26.1. The van der Waals surface area contributed by atoms with Crippen LogP contribution in [0.1, 0.15) is 189 Å². The lowest BCUT2D eigenvalue weighted by Gasteiger charge is -2.31. The summed E-state index contributed by atoms with van der Waals surface area (Å²) in [6.07, 6.45) is 25.4. The van der Waals surface area contributed by atoms with E-state index in [1.165, 1.54) is 146 Å². The van der Waals surface area contributed by atoms with Gasteiger partial charge in [-0.15, -0.1) is 65.7 Å². The zero-order valence-electron chi connectivity index (χ0n) is 36.5. The van der Waals surface area contributed by atoms with Gasteiger partial charge in [0.05, 0.1) is 9.75 Å². The van der Waals surface area contributed by atoms with Crippen LogP contribution in [0.4, 0.5) is 0 Å². The van der Waals surface area contributed by atoms with E-state index in [9.17, 15) is 0 Å². The maximum atomic E-state index is 4.78. The van der Waals surface area contributed by atoms with E-state index >= 15 is 0 Å². The number of unbranched alkanes of at least 4 members (excludes halogenated alkanes) is 8. The summed E-state index contributed by atoms with van der Waals surface area (Å²) in [7, 11) is 0. The smallest absolute Gasteiger partial charge is 0.139 e. The Morgan fingerprint density at radius 1 is 0.491 bits per heavy atom. The van der Waals surface area contributed by atoms with E-state index in [0.717, 1.165) is 28.5 Å². The van der Waals surface area contributed by atoms with Crippen LogP contribution in [0.2, 0.25) is 0 Å². The van der Waals surface area contributed by atoms with Gasteiger partial charge in [0.15, 0.2) is 0 Å². The number of hydrogen-bond acceptors (Lipinski definition) is 8. The van der Waals surface area contributed by atoms with Crippen LogP contribution < -0.4 is 0 Å². The Bertz CT molecular complexity index is 1970. The molecular formula is C49H70N4S4. The van der Waals surface area contributed by atoms with Crippen LogP contribution in [0, 0.1) is 25.7 Å². The van der Waals surface area contributed by atoms with Crippen molar-refractivity contribution in [3.05, 3.63) is 56.3 Å². The average molecular weight is 843 g/mol. The molecule has 0 radical (unpaired) electrons. The summed E-state index contributed by atoms with van der Waals surface area (Å²) in [6.45, 7) is 18.6. The molecule has 0 saturated carbocycles. The molecule has 0 amide bonds. The van der Waals surface area contributed by atoms with Gasteiger partial charge in [0.2, 0.25) is 11.6 Å². The molecule has 8 heteroatoms. The number of aromatic nitrogens is 4. The third-order valence-electron chi connectivity index (χ3n) is 12.8. The van der Waals surface area contributed by atoms with Gasteiger partial charge in [-0.2, -0.15) is 0 Å². The third-order valence-corrected chi connectivity index (χ3v) is 17.6. The molecular weight excluding hydrogens is 773 g/mol. The van der Waals surface area contributed by atoms with Crippen LogP contribution in [-0.4, -0.2) is 20.4 Å². The molecule has 57 heavy (non-hydrogen) atoms. The lowest BCUT2D eigenvalue weighted by molar-refractivity contribution is 0.402. The van der Waals surface area contributed by atoms with Crippen molar-refractivity contribution in [1.82, 2.24) is 20.4 Å². The predicted octanol–water partition coefficient (Wildman–Crippen LogP) is 16.9. The molecule has 0 aromatic carbocycles. The Balaban J connectivity index is 1.35. The van der Waals surface area contributed by atoms with E-state index in [1.54, 1.807) is 32.2 Å². The highest BCUT2D eigenvalue weighted by molar-refractivity contribution is 7.27. The van der Waals surface area contributed by atoms with E-state index in [-0.39, 0.29) is 5.41 Å². The third kappa shape index (κ3) is 10.4. The molecule has 0 bridgehead atoms. The molecule has 0 fully saturated rings. The second-order valence-corrected chi connectivity index (χ2v) is 21.7. The molecule has 0 aliphatic heterocycles. The second kappa shape index (κ2) is 21.3. The van der Waals surface area contributed by atoms with Crippen molar-refractivity contribution in [1.29, 1.82) is 0 Å². The maximum absolute atomic E-state index is 4.78. The minimum absolute atomic E-state index is 0.138. The van der Waals surface area contributed by atoms with Crippen molar-refractivity contribution >= 4 is 45.3 Å². The number of hydrogen-bond donors (Lipinski definition) is 0. The Kier molecular flexibility index (Phi) is 16.6. The fraction of sp³-hybridized carbons (Fsp3) is 0.633. The Hall–Kier alpha value is -2.26. The van der Waals surface area contributed by atoms with Crippen LogP contribution in [-0.2, 0) is 18.3 Å². The van der Waals surface area contributed by atoms with Gasteiger partial charge in [-0.05, 0) is 97.9 Å². The van der Waals surface area contributed by atoms with Crippen LogP contribution >= 0.6 is 45.3 Å². The Morgan fingerprint density at radius 3 is 1.54 bits per heavy atom. The standard InChI is InChI=1S/C49H70N4S4/c1-9-15-19-21-25-49(26-22-20-16-10-2)39-27-33(7)54-45(39)46-40(49)32-41(56-46)44-38(29-36(14-6)24-18-12-4)31-43(57-44)48-52-50-47(51-53-48)42-30-37(34(8)55-42)28-35(13-5)23-17-11-3/h27,30-32,35-36H,9-26,28-29H2,1-8H3. The van der Waals surface area contributed by atoms with Gasteiger partial charge in [0.1, 0.15) is 0 Å². The zero-order valence-corrected chi connectivity index (χ0v) is 39.8. The number of thiophene rings is 4. The van der Waals surface area contributed by atoms with Crippen molar-refractivity contribution < 1.29 is 0 Å². The zero-order chi connectivity index (χ0) is 40.4. The lowest BCUT2D eigenvalue weighted by atomic mass is 9.71. The van der Waals surface area contributed by atoms with E-state index in [4.69, 9.17) is 20.4 Å². The lowest BCUT2D eigenvalue weighted by Crippen LogP contribution is -2.25. The molecule has 2 atom stereocenters. The Labute approximate surface area is 361 Å². The highest BCUT2D eigenvalue weighted by Crippen LogP contribution is 2.61. The minimum atomic E-state index is 0.138. The molecule has 1 aliphatic carbocycles. The van der Waals surface area contributed by atoms with Crippen LogP contribution in [0.15, 0.2) is 24.3 Å². The molecule has 1 aliphatic rings. The summed E-state index contributed by atoms with van der Waals surface area (Å²) < 4.78 is 0. The van der Waals surface area contributed by atoms with Gasteiger partial charge in [-0.3, -0.25) is 0 Å². The van der Waals surface area contributed by atoms with Crippen molar-refractivity contribution in [2.75, 3.05) is 0 Å². The summed E-state index contributed by atoms with van der Waals surface area (Å²) in [6, 6.07) is 9.92. The second-order valence-electron chi connectivity index (χ2n) is 17.1. The molecule has 5 aromatic rings. The maximum Gasteiger partial charge on any atom is 0.213 e. The van der Waals surface area contributed by atoms with Crippen molar-refractivity contribution in [3.63, 3.8) is 0 Å². The van der Waals surface area contributed by atoms with Crippen LogP contribution in [0.5, 0.6) is 0 Å². The number of fused-ring (bicyclic) bond motifs is 3. The molecule has 0 saturated heterocycles. The van der Waals surface area contributed by atoms with Gasteiger partial charge >= 0.3 is 0 Å². The van der Waals surface area contributed by atoms with Crippen molar-refractivity contribution in [2.24, 2.45) is 11.8 Å². The highest BCUT2D eigenvalue weighted by atomic mass is 32.1. The van der Waals surface area contributed by atoms with Gasteiger partial charge in [-0.1, -0.05) is 144 Å². The molecule has 5 heterocycles. The molecule has 0 spiro atoms. The van der Waals surface area contributed by atoms with Crippen molar-refractivity contribution in [3.8, 4) is 40.9 Å². The Morgan fingerprint density at radius 2 is 0.982 bits per heavy atom. The molecule has 0 N–H and O–H groups in total. The molecule has 2 unspecified atom stereocenters. The summed E-state index contributed by atoms with van der Waals surface area (Å²) in [5.41, 5.74) is 6.30. The van der Waals surface area contributed by atoms with E-state index < -0.39 is 0 Å². The largest absolute Gasteiger partial charge is 0.213 e. The predicted molar refractivity (Wildman–Crippen MR) is 253 cm³/mol. The normalized spacial score (nSPS) is 14.3. The van der Waals surface area contributed by atoms with Gasteiger partial charge in [0, 0.05) is 34.7 Å². The number of rotatable bonds is 25. The molecule has 5 aromatic heterocycles. The first-order chi connectivity index (χ1) is 27.8. The van der Waals surface area contributed by atoms with E-state index in [2.05, 4.69) is 91.0 Å².